The van der Waals surface area contributed by atoms with E-state index in [0.29, 0.717) is 23.9 Å². The van der Waals surface area contributed by atoms with Gasteiger partial charge in [-0.1, -0.05) is 57.2 Å². The Bertz CT molecular complexity index is 1260. The molecule has 1 saturated heterocycles. The first kappa shape index (κ1) is 26.3. The molecule has 0 spiro atoms. The predicted octanol–water partition coefficient (Wildman–Crippen LogP) is 7.28. The van der Waals surface area contributed by atoms with Crippen LogP contribution in [0.15, 0.2) is 77.7 Å². The molecule has 1 aliphatic rings. The van der Waals surface area contributed by atoms with Crippen molar-refractivity contribution in [2.24, 2.45) is 0 Å². The Morgan fingerprint density at radius 2 is 1.56 bits per heavy atom. The van der Waals surface area contributed by atoms with Gasteiger partial charge in [0.05, 0.1) is 11.4 Å². The molecule has 5 nitrogen and oxygen atoms in total. The van der Waals surface area contributed by atoms with E-state index in [9.17, 15) is 9.59 Å². The number of thioether (sulfide) groups is 1. The van der Waals surface area contributed by atoms with Crippen molar-refractivity contribution in [3.8, 4) is 11.5 Å². The summed E-state index contributed by atoms with van der Waals surface area (Å²) in [4.78, 5) is 27.0. The van der Waals surface area contributed by atoms with Gasteiger partial charge in [-0.15, -0.1) is 0 Å². The number of hydrogen-bond donors (Lipinski definition) is 0. The third-order valence-electron chi connectivity index (χ3n) is 5.62. The lowest BCUT2D eigenvalue weighted by molar-refractivity contribution is -0.123. The second-order valence-corrected chi connectivity index (χ2v) is 11.7. The van der Waals surface area contributed by atoms with Crippen LogP contribution in [0.3, 0.4) is 0 Å². The fourth-order valence-corrected chi connectivity index (χ4v) is 4.82. The molecule has 1 fully saturated rings. The molecule has 0 atom stereocenters. The summed E-state index contributed by atoms with van der Waals surface area (Å²) in [6.07, 6.45) is 1.74. The topological polar surface area (TPSA) is 55.8 Å². The summed E-state index contributed by atoms with van der Waals surface area (Å²) in [7, 11) is 0. The molecule has 3 aromatic rings. The smallest absolute Gasteiger partial charge is 0.293 e. The monoisotopic (exact) mass is 613 g/mol. The van der Waals surface area contributed by atoms with Gasteiger partial charge in [-0.3, -0.25) is 14.5 Å². The van der Waals surface area contributed by atoms with Crippen molar-refractivity contribution in [1.29, 1.82) is 0 Å². The molecule has 1 aliphatic heterocycles. The Morgan fingerprint density at radius 3 is 2.22 bits per heavy atom. The number of halogens is 1. The number of nitrogens with zero attached hydrogens (tertiary/aromatic N) is 1. The zero-order valence-electron chi connectivity index (χ0n) is 20.5. The van der Waals surface area contributed by atoms with Crippen molar-refractivity contribution in [1.82, 2.24) is 4.90 Å². The van der Waals surface area contributed by atoms with Gasteiger partial charge in [0, 0.05) is 3.57 Å². The molecule has 7 heteroatoms. The summed E-state index contributed by atoms with van der Waals surface area (Å²) in [5, 5.41) is -0.259. The SMILES string of the molecule is CC(C)(C)c1ccc(OCCOc2cccc(/C=C3\SC(=O)N(Cc4ccc(I)cc4)C3=O)c2)cc1. The number of hydrogen-bond acceptors (Lipinski definition) is 5. The Hall–Kier alpha value is -2.78. The van der Waals surface area contributed by atoms with E-state index in [-0.39, 0.29) is 23.1 Å². The second-order valence-electron chi connectivity index (χ2n) is 9.44. The maximum Gasteiger partial charge on any atom is 0.293 e. The molecule has 3 aromatic carbocycles. The maximum absolute atomic E-state index is 12.9. The fourth-order valence-electron chi connectivity index (χ4n) is 3.62. The highest BCUT2D eigenvalue weighted by molar-refractivity contribution is 14.1. The van der Waals surface area contributed by atoms with Crippen molar-refractivity contribution in [2.75, 3.05) is 13.2 Å². The number of benzene rings is 3. The van der Waals surface area contributed by atoms with Crippen LogP contribution < -0.4 is 9.47 Å². The lowest BCUT2D eigenvalue weighted by Crippen LogP contribution is -2.27. The van der Waals surface area contributed by atoms with E-state index in [4.69, 9.17) is 9.47 Å². The number of imide groups is 1. The first-order chi connectivity index (χ1) is 17.2. The van der Waals surface area contributed by atoms with E-state index in [2.05, 4.69) is 55.5 Å². The molecular weight excluding hydrogens is 585 g/mol. The number of ether oxygens (including phenoxy) is 2. The highest BCUT2D eigenvalue weighted by atomic mass is 127. The average Bonchev–Trinajstić information content (AvgIpc) is 3.10. The normalized spacial score (nSPS) is 15.0. The molecule has 0 bridgehead atoms. The van der Waals surface area contributed by atoms with Crippen molar-refractivity contribution in [3.05, 3.63) is 98.0 Å². The quantitative estimate of drug-likeness (QED) is 0.152. The molecule has 36 heavy (non-hydrogen) atoms. The van der Waals surface area contributed by atoms with Gasteiger partial charge in [-0.2, -0.15) is 0 Å². The molecule has 0 unspecified atom stereocenters. The standard InChI is InChI=1S/C29H28INO4S/c1-29(2,3)22-9-13-24(14-10-22)34-15-16-35-25-6-4-5-21(17-25)18-26-27(32)31(28(33)36-26)19-20-7-11-23(30)12-8-20/h4-14,17-18H,15-16,19H2,1-3H3/b26-18-. The summed E-state index contributed by atoms with van der Waals surface area (Å²) in [6, 6.07) is 23.4. The molecule has 0 N–H and O–H groups in total. The summed E-state index contributed by atoms with van der Waals surface area (Å²) in [5.74, 6) is 1.20. The van der Waals surface area contributed by atoms with Crippen molar-refractivity contribution >= 4 is 51.6 Å². The van der Waals surface area contributed by atoms with Crippen LogP contribution in [-0.4, -0.2) is 29.3 Å². The lowest BCUT2D eigenvalue weighted by Gasteiger charge is -2.19. The molecule has 0 saturated carbocycles. The maximum atomic E-state index is 12.9. The van der Waals surface area contributed by atoms with Crippen LogP contribution >= 0.6 is 34.4 Å². The highest BCUT2D eigenvalue weighted by Crippen LogP contribution is 2.33. The number of amides is 2. The van der Waals surface area contributed by atoms with Crippen LogP contribution in [0.1, 0.15) is 37.5 Å². The van der Waals surface area contributed by atoms with Gasteiger partial charge in [0.15, 0.2) is 0 Å². The average molecular weight is 614 g/mol. The van der Waals surface area contributed by atoms with E-state index in [0.717, 1.165) is 32.2 Å². The summed E-state index contributed by atoms with van der Waals surface area (Å²) >= 11 is 3.19. The molecule has 0 aromatic heterocycles. The Balaban J connectivity index is 1.32. The van der Waals surface area contributed by atoms with E-state index < -0.39 is 0 Å². The minimum absolute atomic E-state index is 0.107. The summed E-state index contributed by atoms with van der Waals surface area (Å²) in [6.45, 7) is 7.61. The molecule has 2 amide bonds. The van der Waals surface area contributed by atoms with Crippen LogP contribution in [0.2, 0.25) is 0 Å². The highest BCUT2D eigenvalue weighted by Gasteiger charge is 2.35. The Kier molecular flexibility index (Phi) is 8.41. The van der Waals surface area contributed by atoms with Gasteiger partial charge in [0.25, 0.3) is 11.1 Å². The first-order valence-corrected chi connectivity index (χ1v) is 13.5. The van der Waals surface area contributed by atoms with E-state index in [1.807, 2.05) is 60.7 Å². The van der Waals surface area contributed by atoms with Crippen LogP contribution in [-0.2, 0) is 16.8 Å². The molecule has 0 radical (unpaired) electrons. The van der Waals surface area contributed by atoms with E-state index >= 15 is 0 Å². The third kappa shape index (κ3) is 6.91. The van der Waals surface area contributed by atoms with Gasteiger partial charge in [0.1, 0.15) is 24.7 Å². The number of rotatable bonds is 8. The zero-order chi connectivity index (χ0) is 25.7. The van der Waals surface area contributed by atoms with Gasteiger partial charge in [-0.25, -0.2) is 0 Å². The molecule has 0 aliphatic carbocycles. The number of carbonyl (C=O) groups is 2. The largest absolute Gasteiger partial charge is 0.490 e. The van der Waals surface area contributed by atoms with Crippen LogP contribution in [0, 0.1) is 3.57 Å². The zero-order valence-corrected chi connectivity index (χ0v) is 23.5. The van der Waals surface area contributed by atoms with Crippen molar-refractivity contribution < 1.29 is 19.1 Å². The van der Waals surface area contributed by atoms with Crippen molar-refractivity contribution in [3.63, 3.8) is 0 Å². The minimum atomic E-state index is -0.277. The van der Waals surface area contributed by atoms with E-state index in [1.165, 1.54) is 10.5 Å². The van der Waals surface area contributed by atoms with Gasteiger partial charge in [0.2, 0.25) is 0 Å². The van der Waals surface area contributed by atoms with Gasteiger partial charge < -0.3 is 9.47 Å². The van der Waals surface area contributed by atoms with Gasteiger partial charge >= 0.3 is 0 Å². The molecule has 1 heterocycles. The lowest BCUT2D eigenvalue weighted by atomic mass is 9.87. The Labute approximate surface area is 230 Å². The number of carbonyl (C=O) groups excluding carboxylic acids is 2. The third-order valence-corrected chi connectivity index (χ3v) is 7.25. The van der Waals surface area contributed by atoms with Crippen LogP contribution in [0.25, 0.3) is 6.08 Å². The van der Waals surface area contributed by atoms with E-state index in [1.54, 1.807) is 6.08 Å². The fraction of sp³-hybridized carbons (Fsp3) is 0.241. The predicted molar refractivity (Wildman–Crippen MR) is 153 cm³/mol. The van der Waals surface area contributed by atoms with Crippen LogP contribution in [0.4, 0.5) is 4.79 Å². The minimum Gasteiger partial charge on any atom is -0.490 e. The molecular formula is C29H28INO4S. The summed E-state index contributed by atoms with van der Waals surface area (Å²) < 4.78 is 12.7. The molecule has 186 valence electrons. The molecule has 4 rings (SSSR count). The first-order valence-electron chi connectivity index (χ1n) is 11.6. The Morgan fingerprint density at radius 1 is 0.889 bits per heavy atom. The van der Waals surface area contributed by atoms with Crippen molar-refractivity contribution in [2.45, 2.75) is 32.7 Å². The van der Waals surface area contributed by atoms with Gasteiger partial charge in [-0.05, 0) is 98.9 Å². The van der Waals surface area contributed by atoms with Crippen LogP contribution in [0.5, 0.6) is 11.5 Å². The summed E-state index contributed by atoms with van der Waals surface area (Å²) in [5.41, 5.74) is 3.08. The second kappa shape index (κ2) is 11.5.